The summed E-state index contributed by atoms with van der Waals surface area (Å²) in [6.45, 7) is 2.83. The highest BCUT2D eigenvalue weighted by Gasteiger charge is 2.15. The van der Waals surface area contributed by atoms with E-state index in [4.69, 9.17) is 9.26 Å². The fourth-order valence-corrected chi connectivity index (χ4v) is 0.955. The molecule has 0 aliphatic rings. The quantitative estimate of drug-likeness (QED) is 0.657. The Hall–Kier alpha value is -1.43. The van der Waals surface area contributed by atoms with Gasteiger partial charge in [0.2, 0.25) is 0 Å². The maximum atomic E-state index is 11.2. The first-order valence-electron chi connectivity index (χ1n) is 4.78. The van der Waals surface area contributed by atoms with Crippen molar-refractivity contribution in [3.8, 4) is 0 Å². The van der Waals surface area contributed by atoms with E-state index in [-0.39, 0.29) is 5.89 Å². The van der Waals surface area contributed by atoms with E-state index < -0.39 is 5.97 Å². The van der Waals surface area contributed by atoms with E-state index in [0.29, 0.717) is 18.9 Å². The predicted molar refractivity (Wildman–Crippen MR) is 52.5 cm³/mol. The zero-order chi connectivity index (χ0) is 11.3. The number of aromatic nitrogens is 2. The maximum absolute atomic E-state index is 11.2. The first-order chi connectivity index (χ1) is 7.13. The Balaban J connectivity index is 2.52. The van der Waals surface area contributed by atoms with E-state index in [9.17, 15) is 4.79 Å². The standard InChI is InChI=1S/C9H15N3O3/c1-4-14-9(13)8-10-7(11-15-8)5-6-12(2)3/h4-6H2,1-3H3. The summed E-state index contributed by atoms with van der Waals surface area (Å²) in [5, 5.41) is 3.68. The number of nitrogens with zero attached hydrogens (tertiary/aromatic N) is 3. The fourth-order valence-electron chi connectivity index (χ4n) is 0.955. The lowest BCUT2D eigenvalue weighted by atomic mass is 10.4. The minimum Gasteiger partial charge on any atom is -0.459 e. The number of esters is 1. The van der Waals surface area contributed by atoms with E-state index in [2.05, 4.69) is 10.1 Å². The van der Waals surface area contributed by atoms with Gasteiger partial charge in [-0.25, -0.2) is 4.79 Å². The van der Waals surface area contributed by atoms with Crippen LogP contribution >= 0.6 is 0 Å². The van der Waals surface area contributed by atoms with E-state index in [1.54, 1.807) is 6.92 Å². The Morgan fingerprint density at radius 3 is 2.87 bits per heavy atom. The molecule has 0 spiro atoms. The third-order valence-corrected chi connectivity index (χ3v) is 1.70. The van der Waals surface area contributed by atoms with Crippen LogP contribution in [0.3, 0.4) is 0 Å². The van der Waals surface area contributed by atoms with Gasteiger partial charge in [0, 0.05) is 13.0 Å². The molecular formula is C9H15N3O3. The molecule has 0 amide bonds. The molecule has 0 aliphatic heterocycles. The molecule has 1 rings (SSSR count). The summed E-state index contributed by atoms with van der Waals surface area (Å²) in [6.07, 6.45) is 0.649. The summed E-state index contributed by atoms with van der Waals surface area (Å²) >= 11 is 0. The van der Waals surface area contributed by atoms with E-state index in [0.717, 1.165) is 6.54 Å². The van der Waals surface area contributed by atoms with Crippen molar-refractivity contribution in [2.45, 2.75) is 13.3 Å². The number of rotatable bonds is 5. The molecule has 0 fully saturated rings. The Morgan fingerprint density at radius 2 is 2.27 bits per heavy atom. The minimum atomic E-state index is -0.568. The van der Waals surface area contributed by atoms with Crippen molar-refractivity contribution in [2.75, 3.05) is 27.2 Å². The van der Waals surface area contributed by atoms with Crippen LogP contribution in [0.15, 0.2) is 4.52 Å². The number of likely N-dealkylation sites (N-methyl/N-ethyl adjacent to an activating group) is 1. The molecule has 6 heteroatoms. The van der Waals surface area contributed by atoms with Crippen molar-refractivity contribution >= 4 is 5.97 Å². The second-order valence-electron chi connectivity index (χ2n) is 3.29. The number of hydrogen-bond donors (Lipinski definition) is 0. The van der Waals surface area contributed by atoms with Crippen LogP contribution in [0.25, 0.3) is 0 Å². The second kappa shape index (κ2) is 5.45. The van der Waals surface area contributed by atoms with Gasteiger partial charge < -0.3 is 14.2 Å². The average Bonchev–Trinajstić information content (AvgIpc) is 2.63. The lowest BCUT2D eigenvalue weighted by Crippen LogP contribution is -2.15. The number of hydrogen-bond acceptors (Lipinski definition) is 6. The van der Waals surface area contributed by atoms with Gasteiger partial charge in [-0.15, -0.1) is 0 Å². The Morgan fingerprint density at radius 1 is 1.53 bits per heavy atom. The van der Waals surface area contributed by atoms with Gasteiger partial charge in [-0.2, -0.15) is 4.98 Å². The first-order valence-corrected chi connectivity index (χ1v) is 4.78. The molecule has 0 unspecified atom stereocenters. The van der Waals surface area contributed by atoms with Crippen molar-refractivity contribution in [3.05, 3.63) is 11.7 Å². The van der Waals surface area contributed by atoms with Gasteiger partial charge in [0.05, 0.1) is 6.61 Å². The molecule has 84 valence electrons. The lowest BCUT2D eigenvalue weighted by molar-refractivity contribution is 0.0470. The van der Waals surface area contributed by atoms with Gasteiger partial charge in [-0.3, -0.25) is 0 Å². The molecule has 1 aromatic heterocycles. The van der Waals surface area contributed by atoms with Gasteiger partial charge in [0.25, 0.3) is 0 Å². The van der Waals surface area contributed by atoms with Crippen LogP contribution in [-0.4, -0.2) is 48.3 Å². The van der Waals surface area contributed by atoms with Gasteiger partial charge in [0.1, 0.15) is 0 Å². The van der Waals surface area contributed by atoms with Crippen LogP contribution < -0.4 is 0 Å². The van der Waals surface area contributed by atoms with Gasteiger partial charge in [-0.05, 0) is 21.0 Å². The van der Waals surface area contributed by atoms with Crippen LogP contribution in [-0.2, 0) is 11.2 Å². The summed E-state index contributed by atoms with van der Waals surface area (Å²) in [5.41, 5.74) is 0. The zero-order valence-corrected chi connectivity index (χ0v) is 9.19. The monoisotopic (exact) mass is 213 g/mol. The second-order valence-corrected chi connectivity index (χ2v) is 3.29. The third-order valence-electron chi connectivity index (χ3n) is 1.70. The Labute approximate surface area is 88.2 Å². The first kappa shape index (κ1) is 11.6. The minimum absolute atomic E-state index is 0.0781. The van der Waals surface area contributed by atoms with E-state index in [1.165, 1.54) is 0 Å². The van der Waals surface area contributed by atoms with Crippen molar-refractivity contribution in [1.29, 1.82) is 0 Å². The van der Waals surface area contributed by atoms with Gasteiger partial charge in [-0.1, -0.05) is 5.16 Å². The molecule has 0 N–H and O–H groups in total. The highest BCUT2D eigenvalue weighted by Crippen LogP contribution is 2.00. The normalized spacial score (nSPS) is 10.7. The Kier molecular flexibility index (Phi) is 4.23. The van der Waals surface area contributed by atoms with Crippen LogP contribution in [0.1, 0.15) is 23.4 Å². The van der Waals surface area contributed by atoms with Gasteiger partial charge in [0.15, 0.2) is 5.82 Å². The molecule has 15 heavy (non-hydrogen) atoms. The highest BCUT2D eigenvalue weighted by atomic mass is 16.6. The topological polar surface area (TPSA) is 68.5 Å². The molecule has 0 saturated carbocycles. The number of carbonyl (C=O) groups excluding carboxylic acids is 1. The largest absolute Gasteiger partial charge is 0.459 e. The lowest BCUT2D eigenvalue weighted by Gasteiger charge is -2.05. The summed E-state index contributed by atoms with van der Waals surface area (Å²) < 4.78 is 9.48. The summed E-state index contributed by atoms with van der Waals surface area (Å²) in [4.78, 5) is 17.1. The Bertz CT molecular complexity index is 322. The molecule has 6 nitrogen and oxygen atoms in total. The zero-order valence-electron chi connectivity index (χ0n) is 9.19. The highest BCUT2D eigenvalue weighted by molar-refractivity contribution is 5.83. The van der Waals surface area contributed by atoms with Crippen molar-refractivity contribution in [2.24, 2.45) is 0 Å². The molecule has 0 bridgehead atoms. The van der Waals surface area contributed by atoms with Crippen molar-refractivity contribution in [1.82, 2.24) is 15.0 Å². The van der Waals surface area contributed by atoms with Crippen LogP contribution in [0.2, 0.25) is 0 Å². The smallest absolute Gasteiger partial charge is 0.397 e. The average molecular weight is 213 g/mol. The fraction of sp³-hybridized carbons (Fsp3) is 0.667. The summed E-state index contributed by atoms with van der Waals surface area (Å²) in [5.74, 6) is -0.126. The maximum Gasteiger partial charge on any atom is 0.397 e. The third kappa shape index (κ3) is 3.67. The summed E-state index contributed by atoms with van der Waals surface area (Å²) in [6, 6.07) is 0. The molecule has 1 heterocycles. The van der Waals surface area contributed by atoms with Crippen LogP contribution in [0, 0.1) is 0 Å². The number of ether oxygens (including phenoxy) is 1. The molecule has 1 aromatic rings. The molecule has 0 saturated heterocycles. The summed E-state index contributed by atoms with van der Waals surface area (Å²) in [7, 11) is 3.90. The van der Waals surface area contributed by atoms with Crippen LogP contribution in [0.5, 0.6) is 0 Å². The predicted octanol–water partition coefficient (Wildman–Crippen LogP) is 0.350. The molecule has 0 atom stereocenters. The van der Waals surface area contributed by atoms with Crippen molar-refractivity contribution < 1.29 is 14.1 Å². The molecule has 0 radical (unpaired) electrons. The van der Waals surface area contributed by atoms with Crippen LogP contribution in [0.4, 0.5) is 0 Å². The van der Waals surface area contributed by atoms with E-state index in [1.807, 2.05) is 19.0 Å². The molecular weight excluding hydrogens is 198 g/mol. The van der Waals surface area contributed by atoms with Gasteiger partial charge >= 0.3 is 11.9 Å². The SMILES string of the molecule is CCOC(=O)c1nc(CCN(C)C)no1. The van der Waals surface area contributed by atoms with Crippen molar-refractivity contribution in [3.63, 3.8) is 0 Å². The molecule has 0 aliphatic carbocycles. The van der Waals surface area contributed by atoms with E-state index >= 15 is 0 Å². The number of carbonyl (C=O) groups is 1. The molecule has 0 aromatic carbocycles.